The molecule has 7 nitrogen and oxygen atoms in total. The average Bonchev–Trinajstić information content (AvgIpc) is 3.45. The Hall–Kier alpha value is -3.99. The average molecular weight is 426 g/mol. The number of benzene rings is 2. The van der Waals surface area contributed by atoms with Crippen molar-refractivity contribution in [2.75, 3.05) is 18.0 Å². The van der Waals surface area contributed by atoms with Gasteiger partial charge in [-0.3, -0.25) is 4.40 Å². The molecule has 3 aromatic heterocycles. The van der Waals surface area contributed by atoms with Crippen LogP contribution in [0.3, 0.4) is 0 Å². The topological polar surface area (TPSA) is 83.2 Å². The lowest BCUT2D eigenvalue weighted by Crippen LogP contribution is -2.34. The Morgan fingerprint density at radius 1 is 1.16 bits per heavy atom. The minimum Gasteiger partial charge on any atom is -0.440 e. The van der Waals surface area contributed by atoms with Crippen LogP contribution in [-0.4, -0.2) is 32.7 Å². The van der Waals surface area contributed by atoms with Crippen molar-refractivity contribution < 1.29 is 8.81 Å². The van der Waals surface area contributed by atoms with Gasteiger partial charge >= 0.3 is 0 Å². The molecule has 0 atom stereocenters. The molecule has 1 saturated heterocycles. The van der Waals surface area contributed by atoms with E-state index in [2.05, 4.69) is 21.2 Å². The highest BCUT2D eigenvalue weighted by Crippen LogP contribution is 2.38. The summed E-state index contributed by atoms with van der Waals surface area (Å²) in [6.07, 6.45) is 3.21. The summed E-state index contributed by atoms with van der Waals surface area (Å²) in [5.74, 6) is 0.616. The lowest BCUT2D eigenvalue weighted by molar-refractivity contribution is 0.407. The molecule has 32 heavy (non-hydrogen) atoms. The predicted octanol–water partition coefficient (Wildman–Crippen LogP) is 4.73. The minimum absolute atomic E-state index is 0.198. The van der Waals surface area contributed by atoms with E-state index in [0.29, 0.717) is 35.4 Å². The van der Waals surface area contributed by atoms with Gasteiger partial charge < -0.3 is 9.32 Å². The van der Waals surface area contributed by atoms with Crippen LogP contribution in [0.5, 0.6) is 0 Å². The number of nitrogens with zero attached hydrogens (tertiary/aromatic N) is 6. The zero-order chi connectivity index (χ0) is 21.8. The number of anilines is 1. The van der Waals surface area contributed by atoms with Crippen molar-refractivity contribution >= 4 is 33.3 Å². The fraction of sp³-hybridized carbons (Fsp3) is 0.250. The van der Waals surface area contributed by atoms with Crippen LogP contribution in [0.15, 0.2) is 47.1 Å². The molecule has 1 fully saturated rings. The first-order chi connectivity index (χ1) is 15.6. The Balaban J connectivity index is 1.38. The van der Waals surface area contributed by atoms with Gasteiger partial charge in [0.1, 0.15) is 29.3 Å². The van der Waals surface area contributed by atoms with E-state index in [0.717, 1.165) is 40.9 Å². The third-order valence-corrected chi connectivity index (χ3v) is 6.31. The second kappa shape index (κ2) is 7.02. The first-order valence-electron chi connectivity index (χ1n) is 10.6. The van der Waals surface area contributed by atoms with Crippen molar-refractivity contribution in [3.05, 3.63) is 65.6 Å². The summed E-state index contributed by atoms with van der Waals surface area (Å²) >= 11 is 0. The van der Waals surface area contributed by atoms with Gasteiger partial charge in [0.2, 0.25) is 0 Å². The van der Waals surface area contributed by atoms with Crippen LogP contribution in [0.25, 0.3) is 27.6 Å². The number of hydrogen-bond acceptors (Lipinski definition) is 6. The van der Waals surface area contributed by atoms with Gasteiger partial charge in [0.15, 0.2) is 17.1 Å². The molecule has 0 bridgehead atoms. The highest BCUT2D eigenvalue weighted by atomic mass is 19.1. The molecule has 6 rings (SSSR count). The molecule has 5 aromatic rings. The lowest BCUT2D eigenvalue weighted by Gasteiger charge is -2.33. The molecule has 8 heteroatoms. The maximum Gasteiger partial charge on any atom is 0.198 e. The molecule has 0 amide bonds. The van der Waals surface area contributed by atoms with Crippen molar-refractivity contribution in [2.24, 2.45) is 0 Å². The van der Waals surface area contributed by atoms with Crippen LogP contribution in [-0.2, 0) is 0 Å². The van der Waals surface area contributed by atoms with Crippen LogP contribution < -0.4 is 4.90 Å². The fourth-order valence-electron chi connectivity index (χ4n) is 4.74. The SMILES string of the molecule is Cc1ccc2oc(C3CCN(c4c(C#N)c5nncn5c5ccc(F)cc45)CC3)nc2c1. The monoisotopic (exact) mass is 426 g/mol. The standard InChI is InChI=1S/C24H19FN6O/c1-14-2-5-21-19(10-14)28-24(32-21)15-6-8-30(9-7-15)22-17-11-16(25)3-4-20(17)31-13-27-29-23(31)18(22)12-26/h2-5,10-11,13,15H,6-9H2,1H3. The quantitative estimate of drug-likeness (QED) is 0.406. The molecule has 1 aliphatic rings. The zero-order valence-corrected chi connectivity index (χ0v) is 17.4. The van der Waals surface area contributed by atoms with E-state index in [9.17, 15) is 9.65 Å². The molecule has 0 aliphatic carbocycles. The molecule has 1 aliphatic heterocycles. The summed E-state index contributed by atoms with van der Waals surface area (Å²) in [7, 11) is 0. The molecule has 0 N–H and O–H groups in total. The lowest BCUT2D eigenvalue weighted by atomic mass is 9.95. The third kappa shape index (κ3) is 2.82. The Morgan fingerprint density at radius 2 is 2.00 bits per heavy atom. The number of fused-ring (bicyclic) bond motifs is 4. The van der Waals surface area contributed by atoms with Crippen molar-refractivity contribution in [2.45, 2.75) is 25.7 Å². The van der Waals surface area contributed by atoms with Crippen LogP contribution in [0, 0.1) is 24.1 Å². The second-order valence-corrected chi connectivity index (χ2v) is 8.31. The third-order valence-electron chi connectivity index (χ3n) is 6.31. The van der Waals surface area contributed by atoms with Crippen LogP contribution in [0.2, 0.25) is 0 Å². The smallest absolute Gasteiger partial charge is 0.198 e. The number of aromatic nitrogens is 4. The highest BCUT2D eigenvalue weighted by molar-refractivity contribution is 5.99. The highest BCUT2D eigenvalue weighted by Gasteiger charge is 2.28. The largest absolute Gasteiger partial charge is 0.440 e. The van der Waals surface area contributed by atoms with Crippen molar-refractivity contribution in [1.29, 1.82) is 5.26 Å². The Morgan fingerprint density at radius 3 is 2.81 bits per heavy atom. The normalized spacial score (nSPS) is 15.1. The zero-order valence-electron chi connectivity index (χ0n) is 17.4. The van der Waals surface area contributed by atoms with Crippen molar-refractivity contribution in [1.82, 2.24) is 19.6 Å². The summed E-state index contributed by atoms with van der Waals surface area (Å²) in [6.45, 7) is 3.44. The number of rotatable bonds is 2. The summed E-state index contributed by atoms with van der Waals surface area (Å²) in [5, 5.41) is 18.8. The van der Waals surface area contributed by atoms with E-state index in [-0.39, 0.29) is 11.7 Å². The molecule has 0 unspecified atom stereocenters. The van der Waals surface area contributed by atoms with Gasteiger partial charge in [0, 0.05) is 24.4 Å². The molecule has 4 heterocycles. The molecular weight excluding hydrogens is 407 g/mol. The Bertz CT molecular complexity index is 1540. The number of pyridine rings is 1. The maximum absolute atomic E-state index is 14.2. The molecule has 158 valence electrons. The van der Waals surface area contributed by atoms with Gasteiger partial charge in [0.25, 0.3) is 0 Å². The van der Waals surface area contributed by atoms with E-state index >= 15 is 0 Å². The summed E-state index contributed by atoms with van der Waals surface area (Å²) < 4.78 is 22.0. The van der Waals surface area contributed by atoms with Crippen molar-refractivity contribution in [3.63, 3.8) is 0 Å². The molecule has 0 spiro atoms. The number of aryl methyl sites for hydroxylation is 1. The van der Waals surface area contributed by atoms with Crippen molar-refractivity contribution in [3.8, 4) is 6.07 Å². The molecule has 0 radical (unpaired) electrons. The molecular formula is C24H19FN6O. The first-order valence-corrected chi connectivity index (χ1v) is 10.6. The summed E-state index contributed by atoms with van der Waals surface area (Å²) in [6, 6.07) is 12.9. The Kier molecular flexibility index (Phi) is 4.12. The van der Waals surface area contributed by atoms with Gasteiger partial charge in [-0.15, -0.1) is 10.2 Å². The first kappa shape index (κ1) is 18.8. The van der Waals surface area contributed by atoms with E-state index in [1.165, 1.54) is 12.1 Å². The van der Waals surface area contributed by atoms with Gasteiger partial charge in [0.05, 0.1) is 11.2 Å². The fourth-order valence-corrected chi connectivity index (χ4v) is 4.74. The minimum atomic E-state index is -0.341. The number of hydrogen-bond donors (Lipinski definition) is 0. The van der Waals surface area contributed by atoms with Gasteiger partial charge in [-0.2, -0.15) is 5.26 Å². The van der Waals surface area contributed by atoms with E-state index in [4.69, 9.17) is 9.40 Å². The van der Waals surface area contributed by atoms with Crippen LogP contribution in [0.4, 0.5) is 10.1 Å². The maximum atomic E-state index is 14.2. The van der Waals surface area contributed by atoms with E-state index in [1.54, 1.807) is 16.8 Å². The number of oxazole rings is 1. The van der Waals surface area contributed by atoms with E-state index < -0.39 is 0 Å². The number of piperidine rings is 1. The van der Waals surface area contributed by atoms with Crippen LogP contribution in [0.1, 0.15) is 35.8 Å². The Labute approximate surface area is 182 Å². The number of halogens is 1. The van der Waals surface area contributed by atoms with Gasteiger partial charge in [-0.05, 0) is 55.7 Å². The molecule has 2 aromatic carbocycles. The van der Waals surface area contributed by atoms with Gasteiger partial charge in [-0.25, -0.2) is 9.37 Å². The predicted molar refractivity (Wildman–Crippen MR) is 118 cm³/mol. The number of nitriles is 1. The molecule has 0 saturated carbocycles. The van der Waals surface area contributed by atoms with Crippen LogP contribution >= 0.6 is 0 Å². The summed E-state index contributed by atoms with van der Waals surface area (Å²) in [5.41, 5.74) is 5.23. The summed E-state index contributed by atoms with van der Waals surface area (Å²) in [4.78, 5) is 6.87. The van der Waals surface area contributed by atoms with Gasteiger partial charge in [-0.1, -0.05) is 6.07 Å². The van der Waals surface area contributed by atoms with E-state index in [1.807, 2.05) is 25.1 Å². The second-order valence-electron chi connectivity index (χ2n) is 8.31.